The van der Waals surface area contributed by atoms with Gasteiger partial charge in [0.1, 0.15) is 0 Å². The van der Waals surface area contributed by atoms with Crippen LogP contribution in [0, 0.1) is 12.8 Å². The maximum Gasteiger partial charge on any atom is 0.0729 e. The highest BCUT2D eigenvalue weighted by atomic mass is 16.5. The van der Waals surface area contributed by atoms with Crippen LogP contribution in [-0.4, -0.2) is 30.4 Å². The second kappa shape index (κ2) is 5.80. The minimum Gasteiger partial charge on any atom is -0.381 e. The van der Waals surface area contributed by atoms with Gasteiger partial charge in [0.15, 0.2) is 0 Å². The van der Waals surface area contributed by atoms with Crippen molar-refractivity contribution in [2.24, 2.45) is 11.7 Å². The smallest absolute Gasteiger partial charge is 0.0729 e. The fourth-order valence-corrected chi connectivity index (χ4v) is 3.57. The Hall–Kier alpha value is -0.970. The maximum atomic E-state index is 6.53. The van der Waals surface area contributed by atoms with E-state index in [0.29, 0.717) is 5.92 Å². The van der Waals surface area contributed by atoms with Gasteiger partial charge in [0.25, 0.3) is 0 Å². The minimum atomic E-state index is 0.00883. The van der Waals surface area contributed by atoms with E-state index in [4.69, 9.17) is 15.2 Å². The lowest BCUT2D eigenvalue weighted by atomic mass is 9.76. The molecule has 3 rings (SSSR count). The van der Waals surface area contributed by atoms with E-state index in [9.17, 15) is 0 Å². The highest BCUT2D eigenvalue weighted by Gasteiger charge is 2.41. The van der Waals surface area contributed by atoms with Crippen LogP contribution in [0.2, 0.25) is 0 Å². The van der Waals surface area contributed by atoms with Crippen LogP contribution in [0.3, 0.4) is 0 Å². The number of pyridine rings is 1. The van der Waals surface area contributed by atoms with Gasteiger partial charge >= 0.3 is 0 Å². The van der Waals surface area contributed by atoms with Gasteiger partial charge in [-0.25, -0.2) is 0 Å². The van der Waals surface area contributed by atoms with Crippen molar-refractivity contribution in [2.45, 2.75) is 44.2 Å². The number of ether oxygens (including phenoxy) is 2. The molecule has 0 aromatic carbocycles. The van der Waals surface area contributed by atoms with E-state index in [1.54, 1.807) is 0 Å². The molecule has 0 bridgehead atoms. The van der Waals surface area contributed by atoms with E-state index < -0.39 is 0 Å². The molecular weight excluding hydrogens is 252 g/mol. The third-order valence-electron chi connectivity index (χ3n) is 4.85. The zero-order valence-corrected chi connectivity index (χ0v) is 12.2. The number of hydrogen-bond donors (Lipinski definition) is 1. The summed E-state index contributed by atoms with van der Waals surface area (Å²) in [6.45, 7) is 4.48. The Morgan fingerprint density at radius 1 is 1.35 bits per heavy atom. The molecular formula is C16H24N2O2. The molecule has 0 aliphatic carbocycles. The first-order chi connectivity index (χ1) is 9.70. The van der Waals surface area contributed by atoms with Crippen molar-refractivity contribution in [2.75, 3.05) is 19.8 Å². The van der Waals surface area contributed by atoms with E-state index >= 15 is 0 Å². The molecule has 2 atom stereocenters. The summed E-state index contributed by atoms with van der Waals surface area (Å²) in [5.41, 5.74) is 8.77. The normalized spacial score (nSPS) is 27.4. The van der Waals surface area contributed by atoms with Crippen molar-refractivity contribution in [3.05, 3.63) is 29.6 Å². The molecule has 4 nitrogen and oxygen atoms in total. The van der Waals surface area contributed by atoms with E-state index in [0.717, 1.165) is 51.2 Å². The van der Waals surface area contributed by atoms with Crippen LogP contribution in [0.25, 0.3) is 0 Å². The van der Waals surface area contributed by atoms with Gasteiger partial charge in [0.05, 0.1) is 5.60 Å². The quantitative estimate of drug-likeness (QED) is 0.901. The van der Waals surface area contributed by atoms with Crippen molar-refractivity contribution >= 4 is 0 Å². The first-order valence-corrected chi connectivity index (χ1v) is 7.59. The first kappa shape index (κ1) is 14.0. The van der Waals surface area contributed by atoms with Crippen LogP contribution in [-0.2, 0) is 9.47 Å². The highest BCUT2D eigenvalue weighted by molar-refractivity contribution is 5.23. The Balaban J connectivity index is 1.75. The summed E-state index contributed by atoms with van der Waals surface area (Å²) in [6, 6.07) is 4.15. The molecule has 20 heavy (non-hydrogen) atoms. The molecule has 1 aromatic rings. The Bertz CT molecular complexity index is 452. The Morgan fingerprint density at radius 2 is 2.15 bits per heavy atom. The molecule has 0 amide bonds. The average Bonchev–Trinajstić information content (AvgIpc) is 2.48. The van der Waals surface area contributed by atoms with Gasteiger partial charge in [-0.05, 0) is 50.2 Å². The number of aryl methyl sites for hydroxylation is 1. The molecule has 0 radical (unpaired) electrons. The number of rotatable bonds is 2. The van der Waals surface area contributed by atoms with Crippen LogP contribution < -0.4 is 5.73 Å². The van der Waals surface area contributed by atoms with Crippen LogP contribution in [0.5, 0.6) is 0 Å². The zero-order chi connectivity index (χ0) is 14.0. The number of hydrogen-bond acceptors (Lipinski definition) is 4. The fourth-order valence-electron chi connectivity index (χ4n) is 3.57. The third kappa shape index (κ3) is 2.73. The Kier molecular flexibility index (Phi) is 4.06. The first-order valence-electron chi connectivity index (χ1n) is 7.59. The monoisotopic (exact) mass is 276 g/mol. The van der Waals surface area contributed by atoms with E-state index in [-0.39, 0.29) is 11.6 Å². The van der Waals surface area contributed by atoms with Crippen molar-refractivity contribution < 1.29 is 9.47 Å². The molecule has 2 unspecified atom stereocenters. The second-order valence-corrected chi connectivity index (χ2v) is 6.10. The van der Waals surface area contributed by atoms with Gasteiger partial charge in [-0.2, -0.15) is 0 Å². The molecule has 2 aliphatic heterocycles. The van der Waals surface area contributed by atoms with Gasteiger partial charge in [-0.3, -0.25) is 4.98 Å². The van der Waals surface area contributed by atoms with Gasteiger partial charge in [0, 0.05) is 37.8 Å². The van der Waals surface area contributed by atoms with Gasteiger partial charge in [-0.15, -0.1) is 0 Å². The number of aromatic nitrogens is 1. The SMILES string of the molecule is Cc1ncccc1C(N)C1CCOC2(CCOCC2)C1. The molecule has 1 aromatic heterocycles. The standard InChI is InChI=1S/C16H24N2O2/c1-12-14(3-2-7-18-12)15(17)13-4-8-20-16(11-13)5-9-19-10-6-16/h2-3,7,13,15H,4-6,8-11,17H2,1H3. The molecule has 2 saturated heterocycles. The van der Waals surface area contributed by atoms with Crippen LogP contribution in [0.4, 0.5) is 0 Å². The lowest BCUT2D eigenvalue weighted by Gasteiger charge is -2.44. The summed E-state index contributed by atoms with van der Waals surface area (Å²) in [6.07, 6.45) is 5.92. The van der Waals surface area contributed by atoms with Crippen molar-refractivity contribution in [1.82, 2.24) is 4.98 Å². The minimum absolute atomic E-state index is 0.00883. The maximum absolute atomic E-state index is 6.53. The third-order valence-corrected chi connectivity index (χ3v) is 4.85. The van der Waals surface area contributed by atoms with Gasteiger partial charge in [-0.1, -0.05) is 6.07 Å². The Morgan fingerprint density at radius 3 is 2.90 bits per heavy atom. The fraction of sp³-hybridized carbons (Fsp3) is 0.688. The summed E-state index contributed by atoms with van der Waals surface area (Å²) in [5, 5.41) is 0. The van der Waals surface area contributed by atoms with Crippen LogP contribution in [0.15, 0.2) is 18.3 Å². The van der Waals surface area contributed by atoms with Crippen molar-refractivity contribution in [1.29, 1.82) is 0 Å². The largest absolute Gasteiger partial charge is 0.381 e. The molecule has 2 fully saturated rings. The summed E-state index contributed by atoms with van der Waals surface area (Å²) >= 11 is 0. The van der Waals surface area contributed by atoms with Crippen molar-refractivity contribution in [3.63, 3.8) is 0 Å². The van der Waals surface area contributed by atoms with Crippen molar-refractivity contribution in [3.8, 4) is 0 Å². The van der Waals surface area contributed by atoms with E-state index in [2.05, 4.69) is 11.1 Å². The lowest BCUT2D eigenvalue weighted by Crippen LogP contribution is -2.46. The summed E-state index contributed by atoms with van der Waals surface area (Å²) < 4.78 is 11.6. The van der Waals surface area contributed by atoms with E-state index in [1.165, 1.54) is 5.56 Å². The van der Waals surface area contributed by atoms with Gasteiger partial charge in [0.2, 0.25) is 0 Å². The van der Waals surface area contributed by atoms with Crippen LogP contribution in [0.1, 0.15) is 43.0 Å². The highest BCUT2D eigenvalue weighted by Crippen LogP contribution is 2.41. The second-order valence-electron chi connectivity index (χ2n) is 6.10. The number of nitrogens with two attached hydrogens (primary N) is 1. The number of nitrogens with zero attached hydrogens (tertiary/aromatic N) is 1. The Labute approximate surface area is 120 Å². The molecule has 110 valence electrons. The zero-order valence-electron chi connectivity index (χ0n) is 12.2. The molecule has 2 aliphatic rings. The predicted octanol–water partition coefficient (Wildman–Crippen LogP) is 2.37. The summed E-state index contributed by atoms with van der Waals surface area (Å²) in [7, 11) is 0. The molecule has 3 heterocycles. The lowest BCUT2D eigenvalue weighted by molar-refractivity contribution is -0.149. The molecule has 4 heteroatoms. The summed E-state index contributed by atoms with van der Waals surface area (Å²) in [4.78, 5) is 4.37. The predicted molar refractivity (Wildman–Crippen MR) is 77.4 cm³/mol. The molecule has 0 saturated carbocycles. The van der Waals surface area contributed by atoms with Gasteiger partial charge < -0.3 is 15.2 Å². The van der Waals surface area contributed by atoms with Crippen LogP contribution >= 0.6 is 0 Å². The average molecular weight is 276 g/mol. The molecule has 2 N–H and O–H groups in total. The molecule has 1 spiro atoms. The topological polar surface area (TPSA) is 57.4 Å². The summed E-state index contributed by atoms with van der Waals surface area (Å²) in [5.74, 6) is 0.477. The van der Waals surface area contributed by atoms with E-state index in [1.807, 2.05) is 19.2 Å².